The maximum Gasteiger partial charge on any atom is 0.481 e. The van der Waals surface area contributed by atoms with E-state index in [0.717, 1.165) is 94.2 Å². The van der Waals surface area contributed by atoms with Gasteiger partial charge in [-0.25, -0.2) is 13.9 Å². The van der Waals surface area contributed by atoms with Crippen molar-refractivity contribution >= 4 is 33.4 Å². The summed E-state index contributed by atoms with van der Waals surface area (Å²) in [6, 6.07) is 1.24. The zero-order valence-corrected chi connectivity index (χ0v) is 44.3. The number of anilines is 1. The van der Waals surface area contributed by atoms with E-state index >= 15 is 0 Å². The lowest BCUT2D eigenvalue weighted by atomic mass is 10.1. The maximum atomic E-state index is 12.8. The van der Waals surface area contributed by atoms with Gasteiger partial charge in [0.1, 0.15) is 30.7 Å². The van der Waals surface area contributed by atoms with E-state index < -0.39 is 83.7 Å². The molecule has 1 aromatic heterocycles. The second-order valence-corrected chi connectivity index (χ2v) is 20.3. The number of nitrogen functional groups attached to an aromatic ring is 1. The average Bonchev–Trinajstić information content (AvgIpc) is 3.62. The number of allylic oxidation sites excluding steroid dienone is 16. The van der Waals surface area contributed by atoms with Crippen LogP contribution >= 0.6 is 15.6 Å². The Kier molecular flexibility index (Phi) is 34.7. The molecule has 0 aliphatic carbocycles. The van der Waals surface area contributed by atoms with E-state index in [4.69, 9.17) is 29.0 Å². The Morgan fingerprint density at radius 2 is 1.22 bits per heavy atom. The molecule has 0 radical (unpaired) electrons. The quantitative estimate of drug-likeness (QED) is 0.0154. The predicted molar refractivity (Wildman–Crippen MR) is 281 cm³/mol. The summed E-state index contributed by atoms with van der Waals surface area (Å²) in [5.74, 6) is -1.42. The number of rotatable bonds is 40. The van der Waals surface area contributed by atoms with Gasteiger partial charge in [-0.3, -0.25) is 23.2 Å². The van der Waals surface area contributed by atoms with Crippen molar-refractivity contribution in [3.8, 4) is 0 Å². The van der Waals surface area contributed by atoms with Gasteiger partial charge < -0.3 is 45.1 Å². The van der Waals surface area contributed by atoms with Crippen LogP contribution in [0.1, 0.15) is 142 Å². The first kappa shape index (κ1) is 64.8. The molecular formula is C52H81N3O16P2. The Hall–Kier alpha value is -4.36. The number of carbonyl (C=O) groups excluding carboxylic acids is 2. The smallest absolute Gasteiger partial charge is 0.462 e. The number of carbonyl (C=O) groups is 2. The van der Waals surface area contributed by atoms with E-state index in [9.17, 15) is 48.6 Å². The molecule has 2 rings (SSSR count). The van der Waals surface area contributed by atoms with E-state index in [1.54, 1.807) is 6.92 Å². The Morgan fingerprint density at radius 1 is 0.712 bits per heavy atom. The van der Waals surface area contributed by atoms with Crippen LogP contribution in [-0.2, 0) is 46.3 Å². The first-order valence-electron chi connectivity index (χ1n) is 25.3. The SMILES string of the molecule is CC/C=C\C/C=C\C/C=C\C/C=C\CCCCCCC(=O)OC[C@H](COP(=O)(O)OP(=O)(O)OC[C@H]1O[C@@H](n2ccc(N)nc2=O)[C@H](O)[C@@H]1O)OC(=O)CCC/C=C\C/C=C\C/C=C\C/C=C\CCC[C@H](C)O. The van der Waals surface area contributed by atoms with Crippen LogP contribution in [0.15, 0.2) is 114 Å². The summed E-state index contributed by atoms with van der Waals surface area (Å²) < 4.78 is 56.7. The number of esters is 2. The minimum Gasteiger partial charge on any atom is -0.462 e. The van der Waals surface area contributed by atoms with Crippen LogP contribution in [0.2, 0.25) is 0 Å². The number of nitrogens with two attached hydrogens (primary N) is 1. The summed E-state index contributed by atoms with van der Waals surface area (Å²) in [4.78, 5) is 61.9. The largest absolute Gasteiger partial charge is 0.481 e. The lowest BCUT2D eigenvalue weighted by Gasteiger charge is -2.21. The highest BCUT2D eigenvalue weighted by atomic mass is 31.3. The van der Waals surface area contributed by atoms with Gasteiger partial charge in [-0.1, -0.05) is 117 Å². The normalized spacial score (nSPS) is 20.2. The zero-order chi connectivity index (χ0) is 53.6. The molecule has 0 amide bonds. The van der Waals surface area contributed by atoms with Crippen molar-refractivity contribution in [3.05, 3.63) is 120 Å². The minimum atomic E-state index is -5.45. The fourth-order valence-electron chi connectivity index (χ4n) is 6.78. The molecule has 1 fully saturated rings. The third-order valence-corrected chi connectivity index (χ3v) is 13.3. The molecule has 19 nitrogen and oxygen atoms in total. The van der Waals surface area contributed by atoms with E-state index in [-0.39, 0.29) is 24.8 Å². The highest BCUT2D eigenvalue weighted by Gasteiger charge is 2.46. The molecule has 0 aromatic carbocycles. The van der Waals surface area contributed by atoms with Gasteiger partial charge in [0.05, 0.1) is 19.3 Å². The van der Waals surface area contributed by atoms with Gasteiger partial charge in [0, 0.05) is 19.0 Å². The van der Waals surface area contributed by atoms with Crippen molar-refractivity contribution in [1.82, 2.24) is 9.55 Å². The third-order valence-electron chi connectivity index (χ3n) is 10.7. The minimum absolute atomic E-state index is 0.0492. The molecule has 0 bridgehead atoms. The van der Waals surface area contributed by atoms with Gasteiger partial charge in [0.25, 0.3) is 0 Å². The van der Waals surface area contributed by atoms with E-state index in [2.05, 4.69) is 95.2 Å². The van der Waals surface area contributed by atoms with Gasteiger partial charge in [-0.05, 0) is 109 Å². The number of phosphoric ester groups is 2. The number of phosphoric acid groups is 2. The Balaban J connectivity index is 1.84. The molecule has 1 aliphatic rings. The number of aromatic nitrogens is 2. The van der Waals surface area contributed by atoms with Gasteiger partial charge in [-0.15, -0.1) is 0 Å². The molecule has 73 heavy (non-hydrogen) atoms. The van der Waals surface area contributed by atoms with Crippen molar-refractivity contribution < 1.29 is 71.4 Å². The Bertz CT molecular complexity index is 2120. The fourth-order valence-corrected chi connectivity index (χ4v) is 8.89. The molecule has 0 spiro atoms. The maximum absolute atomic E-state index is 12.8. The molecule has 0 saturated carbocycles. The topological polar surface area (TPSA) is 286 Å². The summed E-state index contributed by atoms with van der Waals surface area (Å²) in [6.45, 7) is 1.50. The molecule has 2 unspecified atom stereocenters. The first-order chi connectivity index (χ1) is 35.0. The van der Waals surface area contributed by atoms with Gasteiger partial charge in [0.2, 0.25) is 0 Å². The van der Waals surface area contributed by atoms with Crippen LogP contribution in [0.5, 0.6) is 0 Å². The van der Waals surface area contributed by atoms with Crippen LogP contribution in [0.25, 0.3) is 0 Å². The number of nitrogens with zero attached hydrogens (tertiary/aromatic N) is 2. The number of hydrogen-bond donors (Lipinski definition) is 6. The lowest BCUT2D eigenvalue weighted by Crippen LogP contribution is -2.36. The Labute approximate surface area is 431 Å². The fraction of sp³-hybridized carbons (Fsp3) is 0.577. The van der Waals surface area contributed by atoms with E-state index in [1.807, 2.05) is 18.2 Å². The predicted octanol–water partition coefficient (Wildman–Crippen LogP) is 9.41. The average molecular weight is 1070 g/mol. The summed E-state index contributed by atoms with van der Waals surface area (Å²) in [5.41, 5.74) is 4.57. The van der Waals surface area contributed by atoms with Crippen molar-refractivity contribution in [2.24, 2.45) is 0 Å². The molecule has 410 valence electrons. The summed E-state index contributed by atoms with van der Waals surface area (Å²) in [5, 5.41) is 30.2. The molecular weight excluding hydrogens is 985 g/mol. The summed E-state index contributed by atoms with van der Waals surface area (Å²) in [6.07, 6.45) is 40.5. The van der Waals surface area contributed by atoms with E-state index in [0.29, 0.717) is 25.7 Å². The van der Waals surface area contributed by atoms with Crippen LogP contribution in [0.4, 0.5) is 5.82 Å². The standard InChI is InChI=1S/C52H81N3O16P2/c1-3-4-5-6-7-8-9-10-11-12-15-18-21-24-27-30-33-36-47(57)66-40-44(69-48(58)37-34-31-28-25-22-19-16-13-14-17-20-23-26-29-32-35-43(2)56)41-67-72(62,63)71-73(64,65)68-42-45-49(59)50(60)51(70-45)55-39-38-46(53)54-52(55)61/h4-5,7-8,10-11,14-19,23,25-26,28,38-39,43-45,49-51,56,59-60H,3,6,9,12-13,20-22,24,27,29-37,40-42H2,1-2H3,(H,62,63)(H,64,65)(H2,53,54,61)/b5-4-,8-7-,11-10-,17-14-,18-15-,19-16-,26-23-,28-25-/t43-,44+,45+,49+,50+,51+/m0/s1. The molecule has 7 N–H and O–H groups in total. The van der Waals surface area contributed by atoms with Crippen LogP contribution in [-0.4, -0.2) is 96.9 Å². The molecule has 8 atom stereocenters. The highest BCUT2D eigenvalue weighted by Crippen LogP contribution is 2.60. The highest BCUT2D eigenvalue weighted by molar-refractivity contribution is 7.61. The molecule has 21 heteroatoms. The monoisotopic (exact) mass is 1070 g/mol. The van der Waals surface area contributed by atoms with Crippen molar-refractivity contribution in [2.45, 2.75) is 173 Å². The second-order valence-electron chi connectivity index (χ2n) is 17.2. The van der Waals surface area contributed by atoms with Crippen molar-refractivity contribution in [2.75, 3.05) is 25.6 Å². The number of hydrogen-bond acceptors (Lipinski definition) is 16. The molecule has 2 heterocycles. The second kappa shape index (κ2) is 39.1. The van der Waals surface area contributed by atoms with Crippen LogP contribution in [0, 0.1) is 0 Å². The zero-order valence-electron chi connectivity index (χ0n) is 42.5. The number of unbranched alkanes of at least 4 members (excludes halogenated alkanes) is 6. The summed E-state index contributed by atoms with van der Waals surface area (Å²) in [7, 11) is -10.9. The van der Waals surface area contributed by atoms with Crippen molar-refractivity contribution in [1.29, 1.82) is 0 Å². The molecule has 1 saturated heterocycles. The van der Waals surface area contributed by atoms with Crippen LogP contribution in [0.3, 0.4) is 0 Å². The Morgan fingerprint density at radius 3 is 1.78 bits per heavy atom. The van der Waals surface area contributed by atoms with Gasteiger partial charge >= 0.3 is 33.3 Å². The summed E-state index contributed by atoms with van der Waals surface area (Å²) >= 11 is 0. The van der Waals surface area contributed by atoms with Gasteiger partial charge in [-0.2, -0.15) is 9.29 Å². The number of aliphatic hydroxyl groups is 3. The number of aliphatic hydroxyl groups excluding tert-OH is 3. The van der Waals surface area contributed by atoms with E-state index in [1.165, 1.54) is 6.07 Å². The van der Waals surface area contributed by atoms with Crippen LogP contribution < -0.4 is 11.4 Å². The molecule has 1 aromatic rings. The van der Waals surface area contributed by atoms with Crippen molar-refractivity contribution in [3.63, 3.8) is 0 Å². The lowest BCUT2D eigenvalue weighted by molar-refractivity contribution is -0.161. The van der Waals surface area contributed by atoms with Gasteiger partial charge in [0.15, 0.2) is 12.3 Å². The first-order valence-corrected chi connectivity index (χ1v) is 28.3. The number of ether oxygens (including phenoxy) is 3. The third kappa shape index (κ3) is 32.5. The molecule has 1 aliphatic heterocycles.